The van der Waals surface area contributed by atoms with Crippen LogP contribution in [0.25, 0.3) is 0 Å². The SMILES string of the molecule is CCNS(=O)(=O)Nc1cnc(Br)cn1. The Kier molecular flexibility index (Phi) is 3.78. The molecular weight excluding hydrogens is 272 g/mol. The van der Waals surface area contributed by atoms with Crippen LogP contribution in [0.2, 0.25) is 0 Å². The predicted molar refractivity (Wildman–Crippen MR) is 56.0 cm³/mol. The van der Waals surface area contributed by atoms with Gasteiger partial charge in [-0.2, -0.15) is 13.1 Å². The van der Waals surface area contributed by atoms with E-state index in [1.54, 1.807) is 6.92 Å². The summed E-state index contributed by atoms with van der Waals surface area (Å²) in [4.78, 5) is 7.63. The van der Waals surface area contributed by atoms with E-state index in [1.807, 2.05) is 0 Å². The second kappa shape index (κ2) is 4.67. The van der Waals surface area contributed by atoms with Crippen LogP contribution in [0.4, 0.5) is 5.82 Å². The van der Waals surface area contributed by atoms with Gasteiger partial charge in [-0.05, 0) is 15.9 Å². The van der Waals surface area contributed by atoms with Crippen molar-refractivity contribution in [2.75, 3.05) is 11.3 Å². The van der Waals surface area contributed by atoms with Gasteiger partial charge in [0.05, 0.1) is 12.4 Å². The highest BCUT2D eigenvalue weighted by atomic mass is 79.9. The highest BCUT2D eigenvalue weighted by Crippen LogP contribution is 2.06. The van der Waals surface area contributed by atoms with Crippen LogP contribution in [-0.2, 0) is 10.2 Å². The van der Waals surface area contributed by atoms with Gasteiger partial charge in [0.25, 0.3) is 10.2 Å². The molecule has 0 bridgehead atoms. The van der Waals surface area contributed by atoms with Gasteiger partial charge in [-0.1, -0.05) is 6.92 Å². The van der Waals surface area contributed by atoms with E-state index in [2.05, 4.69) is 35.3 Å². The van der Waals surface area contributed by atoms with Crippen LogP contribution in [0.1, 0.15) is 6.92 Å². The predicted octanol–water partition coefficient (Wildman–Crippen LogP) is 0.505. The maximum atomic E-state index is 11.2. The third kappa shape index (κ3) is 3.56. The normalized spacial score (nSPS) is 11.3. The third-order valence-electron chi connectivity index (χ3n) is 1.19. The summed E-state index contributed by atoms with van der Waals surface area (Å²) in [5.41, 5.74) is 0. The molecule has 6 nitrogen and oxygen atoms in total. The molecule has 0 aromatic carbocycles. The first-order valence-corrected chi connectivity index (χ1v) is 6.06. The van der Waals surface area contributed by atoms with Gasteiger partial charge in [-0.25, -0.2) is 9.97 Å². The fourth-order valence-electron chi connectivity index (χ4n) is 0.729. The van der Waals surface area contributed by atoms with Crippen molar-refractivity contribution in [3.8, 4) is 0 Å². The fraction of sp³-hybridized carbons (Fsp3) is 0.333. The highest BCUT2D eigenvalue weighted by Gasteiger charge is 2.08. The molecule has 1 aromatic rings. The summed E-state index contributed by atoms with van der Waals surface area (Å²) in [6, 6.07) is 0. The molecule has 14 heavy (non-hydrogen) atoms. The number of hydrogen-bond acceptors (Lipinski definition) is 4. The van der Waals surface area contributed by atoms with Crippen LogP contribution in [0.5, 0.6) is 0 Å². The summed E-state index contributed by atoms with van der Waals surface area (Å²) >= 11 is 3.09. The minimum Gasteiger partial charge on any atom is -0.253 e. The van der Waals surface area contributed by atoms with Crippen molar-refractivity contribution < 1.29 is 8.42 Å². The summed E-state index contributed by atoms with van der Waals surface area (Å²) in [6.45, 7) is 2.01. The van der Waals surface area contributed by atoms with E-state index in [1.165, 1.54) is 12.4 Å². The number of anilines is 1. The molecule has 8 heteroatoms. The van der Waals surface area contributed by atoms with Crippen LogP contribution in [0.3, 0.4) is 0 Å². The molecule has 0 aliphatic heterocycles. The number of nitrogens with zero attached hydrogens (tertiary/aromatic N) is 2. The standard InChI is InChI=1S/C6H9BrN4O2S/c1-2-10-14(12,13)11-6-4-8-5(7)3-9-6/h3-4,10H,2H2,1H3,(H,9,11). The lowest BCUT2D eigenvalue weighted by molar-refractivity contribution is 0.589. The van der Waals surface area contributed by atoms with Crippen molar-refractivity contribution in [2.24, 2.45) is 0 Å². The molecule has 0 aliphatic carbocycles. The summed E-state index contributed by atoms with van der Waals surface area (Å²) in [7, 11) is -3.52. The summed E-state index contributed by atoms with van der Waals surface area (Å²) < 4.78 is 27.4. The summed E-state index contributed by atoms with van der Waals surface area (Å²) in [5, 5.41) is 0. The summed E-state index contributed by atoms with van der Waals surface area (Å²) in [6.07, 6.45) is 2.72. The quantitative estimate of drug-likeness (QED) is 0.842. The average molecular weight is 281 g/mol. The molecule has 0 atom stereocenters. The molecule has 1 heterocycles. The van der Waals surface area contributed by atoms with E-state index in [9.17, 15) is 8.42 Å². The van der Waals surface area contributed by atoms with Gasteiger partial charge < -0.3 is 0 Å². The van der Waals surface area contributed by atoms with Gasteiger partial charge in [0, 0.05) is 6.54 Å². The van der Waals surface area contributed by atoms with Crippen molar-refractivity contribution in [3.63, 3.8) is 0 Å². The Labute approximate surface area is 90.5 Å². The maximum absolute atomic E-state index is 11.2. The molecule has 0 radical (unpaired) electrons. The van der Waals surface area contributed by atoms with E-state index < -0.39 is 10.2 Å². The Morgan fingerprint density at radius 2 is 2.14 bits per heavy atom. The van der Waals surface area contributed by atoms with Crippen LogP contribution < -0.4 is 9.44 Å². The molecule has 1 rings (SSSR count). The number of rotatable bonds is 4. The maximum Gasteiger partial charge on any atom is 0.300 e. The third-order valence-corrected chi connectivity index (χ3v) is 2.75. The van der Waals surface area contributed by atoms with Gasteiger partial charge >= 0.3 is 0 Å². The zero-order chi connectivity index (χ0) is 10.6. The van der Waals surface area contributed by atoms with Crippen molar-refractivity contribution in [1.29, 1.82) is 0 Å². The highest BCUT2D eigenvalue weighted by molar-refractivity contribution is 9.10. The Morgan fingerprint density at radius 1 is 1.43 bits per heavy atom. The topological polar surface area (TPSA) is 84.0 Å². The molecule has 0 spiro atoms. The van der Waals surface area contributed by atoms with Crippen LogP contribution in [0.15, 0.2) is 17.0 Å². The van der Waals surface area contributed by atoms with Gasteiger partial charge in [0.1, 0.15) is 4.60 Å². The first-order chi connectivity index (χ1) is 6.53. The number of halogens is 1. The number of aromatic nitrogens is 2. The van der Waals surface area contributed by atoms with Crippen LogP contribution in [0, 0.1) is 0 Å². The molecule has 2 N–H and O–H groups in total. The first kappa shape index (κ1) is 11.3. The second-order valence-electron chi connectivity index (χ2n) is 2.33. The molecule has 78 valence electrons. The first-order valence-electron chi connectivity index (χ1n) is 3.78. The van der Waals surface area contributed by atoms with E-state index >= 15 is 0 Å². The molecule has 0 unspecified atom stereocenters. The largest absolute Gasteiger partial charge is 0.300 e. The Balaban J connectivity index is 2.74. The second-order valence-corrected chi connectivity index (χ2v) is 4.64. The van der Waals surface area contributed by atoms with Crippen molar-refractivity contribution in [2.45, 2.75) is 6.92 Å². The zero-order valence-electron chi connectivity index (χ0n) is 7.36. The minimum atomic E-state index is -3.52. The molecule has 0 fully saturated rings. The lowest BCUT2D eigenvalue weighted by Gasteiger charge is -2.05. The van der Waals surface area contributed by atoms with Crippen LogP contribution >= 0.6 is 15.9 Å². The Morgan fingerprint density at radius 3 is 2.64 bits per heavy atom. The minimum absolute atomic E-state index is 0.175. The monoisotopic (exact) mass is 280 g/mol. The van der Waals surface area contributed by atoms with E-state index in [4.69, 9.17) is 0 Å². The molecule has 1 aromatic heterocycles. The molecule has 0 saturated carbocycles. The van der Waals surface area contributed by atoms with E-state index in [-0.39, 0.29) is 5.82 Å². The van der Waals surface area contributed by atoms with Gasteiger partial charge in [-0.15, -0.1) is 0 Å². The van der Waals surface area contributed by atoms with Crippen molar-refractivity contribution in [3.05, 3.63) is 17.0 Å². The lowest BCUT2D eigenvalue weighted by atomic mass is 10.7. The van der Waals surface area contributed by atoms with E-state index in [0.29, 0.717) is 11.1 Å². The Bertz CT molecular complexity index is 391. The smallest absolute Gasteiger partial charge is 0.253 e. The molecular formula is C6H9BrN4O2S. The molecule has 0 aliphatic rings. The van der Waals surface area contributed by atoms with Gasteiger partial charge in [0.2, 0.25) is 0 Å². The number of hydrogen-bond donors (Lipinski definition) is 2. The van der Waals surface area contributed by atoms with Gasteiger partial charge in [-0.3, -0.25) is 4.72 Å². The summed E-state index contributed by atoms with van der Waals surface area (Å²) in [5.74, 6) is 0.175. The van der Waals surface area contributed by atoms with E-state index in [0.717, 1.165) is 0 Å². The average Bonchev–Trinajstić information content (AvgIpc) is 2.08. The number of nitrogens with one attached hydrogen (secondary N) is 2. The van der Waals surface area contributed by atoms with Crippen molar-refractivity contribution in [1.82, 2.24) is 14.7 Å². The van der Waals surface area contributed by atoms with Gasteiger partial charge in [0.15, 0.2) is 5.82 Å². The Hall–Kier alpha value is -0.730. The molecule has 0 amide bonds. The lowest BCUT2D eigenvalue weighted by Crippen LogP contribution is -2.30. The molecule has 0 saturated heterocycles. The fourth-order valence-corrected chi connectivity index (χ4v) is 1.77. The van der Waals surface area contributed by atoms with Crippen molar-refractivity contribution >= 4 is 32.0 Å². The van der Waals surface area contributed by atoms with Crippen LogP contribution in [-0.4, -0.2) is 24.9 Å². The zero-order valence-corrected chi connectivity index (χ0v) is 9.76.